The number of nitrogens with one attached hydrogen (secondary N) is 1. The summed E-state index contributed by atoms with van der Waals surface area (Å²) in [7, 11) is 0. The Morgan fingerprint density at radius 2 is 1.45 bits per heavy atom. The van der Waals surface area contributed by atoms with Crippen molar-refractivity contribution < 1.29 is 9.21 Å². The lowest BCUT2D eigenvalue weighted by atomic mass is 9.98. The van der Waals surface area contributed by atoms with Gasteiger partial charge in [-0.2, -0.15) is 0 Å². The number of aryl methyl sites for hydroxylation is 1. The van der Waals surface area contributed by atoms with Gasteiger partial charge in [0, 0.05) is 5.56 Å². The minimum atomic E-state index is -0.403. The summed E-state index contributed by atoms with van der Waals surface area (Å²) >= 11 is 1.25. The van der Waals surface area contributed by atoms with E-state index in [1.54, 1.807) is 0 Å². The Balaban J connectivity index is 1.48. The van der Waals surface area contributed by atoms with Gasteiger partial charge in [0.1, 0.15) is 0 Å². The summed E-state index contributed by atoms with van der Waals surface area (Å²) in [6, 6.07) is 27.5. The van der Waals surface area contributed by atoms with E-state index in [1.807, 2.05) is 98.8 Å². The third-order valence-corrected chi connectivity index (χ3v) is 5.92. The van der Waals surface area contributed by atoms with E-state index in [0.29, 0.717) is 11.1 Å². The molecule has 31 heavy (non-hydrogen) atoms. The molecule has 1 unspecified atom stereocenters. The first-order chi connectivity index (χ1) is 15.1. The van der Waals surface area contributed by atoms with Gasteiger partial charge in [-0.05, 0) is 36.6 Å². The Morgan fingerprint density at radius 1 is 0.871 bits per heavy atom. The fourth-order valence-corrected chi connectivity index (χ4v) is 3.99. The summed E-state index contributed by atoms with van der Waals surface area (Å²) < 4.78 is 5.81. The van der Waals surface area contributed by atoms with Crippen LogP contribution in [0.3, 0.4) is 0 Å². The summed E-state index contributed by atoms with van der Waals surface area (Å²) in [6.45, 7) is 3.83. The van der Waals surface area contributed by atoms with Crippen molar-refractivity contribution in [2.75, 3.05) is 0 Å². The fourth-order valence-electron chi connectivity index (χ4n) is 3.29. The number of aromatic nitrogens is 2. The second-order valence-corrected chi connectivity index (χ2v) is 8.50. The minimum absolute atomic E-state index is 0.0988. The second kappa shape index (κ2) is 9.62. The zero-order valence-corrected chi connectivity index (χ0v) is 18.2. The maximum atomic E-state index is 13.0. The number of rotatable bonds is 7. The number of hydrogen-bond donors (Lipinski definition) is 1. The normalized spacial score (nSPS) is 12.0. The molecular formula is C25H23N3O2S. The smallest absolute Gasteiger partial charge is 0.277 e. The molecule has 1 aromatic heterocycles. The standard InChI is InChI=1S/C25H23N3O2S/c1-17-11-9-10-16-21(17)24-27-28-25(30-24)31-18(2)23(29)26-22(19-12-5-3-6-13-19)20-14-7-4-8-15-20/h3-16,18,22H,1-2H3,(H,26,29). The first-order valence-corrected chi connectivity index (χ1v) is 11.0. The molecule has 1 heterocycles. The van der Waals surface area contributed by atoms with Crippen molar-refractivity contribution in [1.29, 1.82) is 0 Å². The number of amides is 1. The van der Waals surface area contributed by atoms with Gasteiger partial charge in [-0.15, -0.1) is 10.2 Å². The van der Waals surface area contributed by atoms with Crippen molar-refractivity contribution in [3.05, 3.63) is 102 Å². The van der Waals surface area contributed by atoms with E-state index in [4.69, 9.17) is 4.42 Å². The second-order valence-electron chi connectivity index (χ2n) is 7.21. The van der Waals surface area contributed by atoms with Gasteiger partial charge in [-0.1, -0.05) is 90.6 Å². The molecular weight excluding hydrogens is 406 g/mol. The van der Waals surface area contributed by atoms with Crippen molar-refractivity contribution in [3.8, 4) is 11.5 Å². The van der Waals surface area contributed by atoms with Crippen LogP contribution in [0.25, 0.3) is 11.5 Å². The van der Waals surface area contributed by atoms with Crippen molar-refractivity contribution >= 4 is 17.7 Å². The van der Waals surface area contributed by atoms with Crippen molar-refractivity contribution in [1.82, 2.24) is 15.5 Å². The van der Waals surface area contributed by atoms with Crippen LogP contribution in [0.15, 0.2) is 94.6 Å². The minimum Gasteiger partial charge on any atom is -0.411 e. The van der Waals surface area contributed by atoms with Crippen molar-refractivity contribution in [2.45, 2.75) is 30.4 Å². The molecule has 1 amide bonds. The Labute approximate surface area is 185 Å². The molecule has 0 aliphatic carbocycles. The SMILES string of the molecule is Cc1ccccc1-c1nnc(SC(C)C(=O)NC(c2ccccc2)c2ccccc2)o1. The topological polar surface area (TPSA) is 68.0 Å². The molecule has 3 aromatic carbocycles. The highest BCUT2D eigenvalue weighted by atomic mass is 32.2. The summed E-state index contributed by atoms with van der Waals surface area (Å²) in [5.41, 5.74) is 4.01. The van der Waals surface area contributed by atoms with Crippen LogP contribution in [-0.2, 0) is 4.79 Å². The Bertz CT molecular complexity index is 1110. The molecule has 0 aliphatic heterocycles. The van der Waals surface area contributed by atoms with Crippen molar-refractivity contribution in [2.24, 2.45) is 0 Å². The molecule has 1 atom stereocenters. The molecule has 0 radical (unpaired) electrons. The Kier molecular flexibility index (Phi) is 6.48. The fraction of sp³-hybridized carbons (Fsp3) is 0.160. The molecule has 0 bridgehead atoms. The van der Waals surface area contributed by atoms with E-state index in [1.165, 1.54) is 11.8 Å². The van der Waals surface area contributed by atoms with Crippen LogP contribution in [0.5, 0.6) is 0 Å². The lowest BCUT2D eigenvalue weighted by molar-refractivity contribution is -0.120. The molecule has 0 saturated heterocycles. The van der Waals surface area contributed by atoms with Crippen LogP contribution in [0.4, 0.5) is 0 Å². The van der Waals surface area contributed by atoms with Gasteiger partial charge in [-0.25, -0.2) is 0 Å². The van der Waals surface area contributed by atoms with Gasteiger partial charge in [0.25, 0.3) is 5.22 Å². The van der Waals surface area contributed by atoms with Gasteiger partial charge < -0.3 is 9.73 Å². The van der Waals surface area contributed by atoms with Gasteiger partial charge >= 0.3 is 0 Å². The molecule has 0 aliphatic rings. The molecule has 1 N–H and O–H groups in total. The maximum absolute atomic E-state index is 13.0. The highest BCUT2D eigenvalue weighted by molar-refractivity contribution is 8.00. The third-order valence-electron chi connectivity index (χ3n) is 4.98. The van der Waals surface area contributed by atoms with E-state index in [0.717, 1.165) is 22.3 Å². The monoisotopic (exact) mass is 429 g/mol. The van der Waals surface area contributed by atoms with Gasteiger partial charge in [-0.3, -0.25) is 4.79 Å². The van der Waals surface area contributed by atoms with E-state index < -0.39 is 5.25 Å². The Morgan fingerprint density at radius 3 is 2.06 bits per heavy atom. The number of carbonyl (C=O) groups excluding carboxylic acids is 1. The summed E-state index contributed by atoms with van der Waals surface area (Å²) in [6.07, 6.45) is 0. The summed E-state index contributed by atoms with van der Waals surface area (Å²) in [5, 5.41) is 11.4. The molecule has 4 aromatic rings. The van der Waals surface area contributed by atoms with Crippen LogP contribution in [0.1, 0.15) is 29.7 Å². The van der Waals surface area contributed by atoms with Gasteiger partial charge in [0.15, 0.2) is 0 Å². The number of thioether (sulfide) groups is 1. The quantitative estimate of drug-likeness (QED) is 0.397. The van der Waals surface area contributed by atoms with E-state index in [-0.39, 0.29) is 11.9 Å². The molecule has 4 rings (SSSR count). The average Bonchev–Trinajstić information content (AvgIpc) is 3.27. The summed E-state index contributed by atoms with van der Waals surface area (Å²) in [4.78, 5) is 13.0. The predicted molar refractivity (Wildman–Crippen MR) is 123 cm³/mol. The van der Waals surface area contributed by atoms with Gasteiger partial charge in [0.05, 0.1) is 11.3 Å². The first-order valence-electron chi connectivity index (χ1n) is 10.1. The molecule has 6 heteroatoms. The molecule has 0 saturated carbocycles. The highest BCUT2D eigenvalue weighted by Gasteiger charge is 2.23. The third kappa shape index (κ3) is 5.03. The lowest BCUT2D eigenvalue weighted by Gasteiger charge is -2.21. The molecule has 0 fully saturated rings. The number of benzene rings is 3. The van der Waals surface area contributed by atoms with Crippen LogP contribution < -0.4 is 5.32 Å². The Hall–Kier alpha value is -3.38. The van der Waals surface area contributed by atoms with Crippen LogP contribution in [0, 0.1) is 6.92 Å². The van der Waals surface area contributed by atoms with Crippen LogP contribution in [-0.4, -0.2) is 21.4 Å². The molecule has 156 valence electrons. The average molecular weight is 430 g/mol. The first kappa shape index (κ1) is 20.9. The number of nitrogens with zero attached hydrogens (tertiary/aromatic N) is 2. The number of hydrogen-bond acceptors (Lipinski definition) is 5. The predicted octanol–water partition coefficient (Wildman–Crippen LogP) is 5.43. The van der Waals surface area contributed by atoms with Crippen LogP contribution >= 0.6 is 11.8 Å². The summed E-state index contributed by atoms with van der Waals surface area (Å²) in [5.74, 6) is 0.359. The largest absolute Gasteiger partial charge is 0.411 e. The van der Waals surface area contributed by atoms with E-state index >= 15 is 0 Å². The van der Waals surface area contributed by atoms with Crippen molar-refractivity contribution in [3.63, 3.8) is 0 Å². The lowest BCUT2D eigenvalue weighted by Crippen LogP contribution is -2.34. The zero-order valence-electron chi connectivity index (χ0n) is 17.4. The highest BCUT2D eigenvalue weighted by Crippen LogP contribution is 2.29. The number of carbonyl (C=O) groups is 1. The van der Waals surface area contributed by atoms with Crippen LogP contribution in [0.2, 0.25) is 0 Å². The maximum Gasteiger partial charge on any atom is 0.277 e. The zero-order chi connectivity index (χ0) is 21.6. The molecule has 5 nitrogen and oxygen atoms in total. The van der Waals surface area contributed by atoms with Gasteiger partial charge in [0.2, 0.25) is 11.8 Å². The van der Waals surface area contributed by atoms with E-state index in [2.05, 4.69) is 15.5 Å². The van der Waals surface area contributed by atoms with E-state index in [9.17, 15) is 4.79 Å². The molecule has 0 spiro atoms.